The molecule has 0 amide bonds. The molecule has 0 fully saturated rings. The first kappa shape index (κ1) is 23.2. The molecule has 0 unspecified atom stereocenters. The molecule has 0 radical (unpaired) electrons. The minimum Gasteiger partial charge on any atom is -0.487 e. The molecule has 3 aromatic carbocycles. The highest BCUT2D eigenvalue weighted by Gasteiger charge is 2.42. The van der Waals surface area contributed by atoms with Crippen LogP contribution in [0.3, 0.4) is 0 Å². The van der Waals surface area contributed by atoms with Crippen LogP contribution >= 0.6 is 23.2 Å². The van der Waals surface area contributed by atoms with Gasteiger partial charge in [-0.05, 0) is 30.7 Å². The normalized spacial score (nSPS) is 16.6. The maximum absolute atomic E-state index is 13.5. The van der Waals surface area contributed by atoms with Gasteiger partial charge in [-0.2, -0.15) is 0 Å². The molecule has 5 rings (SSSR count). The second-order valence-corrected chi connectivity index (χ2v) is 9.14. The summed E-state index contributed by atoms with van der Waals surface area (Å²) in [6.45, 7) is 2.05. The molecule has 0 saturated heterocycles. The number of halogens is 2. The smallest absolute Gasteiger partial charge is 0.336 e. The van der Waals surface area contributed by atoms with Crippen molar-refractivity contribution in [3.63, 3.8) is 0 Å². The van der Waals surface area contributed by atoms with E-state index in [9.17, 15) is 9.59 Å². The molecule has 1 N–H and O–H groups in total. The number of rotatable bonds is 5. The summed E-state index contributed by atoms with van der Waals surface area (Å²) >= 11 is 12.8. The van der Waals surface area contributed by atoms with Crippen molar-refractivity contribution >= 4 is 40.7 Å². The number of methoxy groups -OCH3 is 1. The Bertz CT molecular complexity index is 1440. The Labute approximate surface area is 213 Å². The van der Waals surface area contributed by atoms with Crippen LogP contribution in [0.15, 0.2) is 83.6 Å². The van der Waals surface area contributed by atoms with E-state index in [4.69, 9.17) is 32.7 Å². The van der Waals surface area contributed by atoms with Gasteiger partial charge in [0.2, 0.25) is 0 Å². The van der Waals surface area contributed by atoms with Crippen LogP contribution in [0.25, 0.3) is 5.70 Å². The molecule has 35 heavy (non-hydrogen) atoms. The van der Waals surface area contributed by atoms with Gasteiger partial charge >= 0.3 is 5.97 Å². The van der Waals surface area contributed by atoms with Crippen LogP contribution in [-0.4, -0.2) is 18.9 Å². The summed E-state index contributed by atoms with van der Waals surface area (Å²) in [7, 11) is 1.33. The molecule has 1 heterocycles. The summed E-state index contributed by atoms with van der Waals surface area (Å²) in [6.07, 6.45) is 0. The summed E-state index contributed by atoms with van der Waals surface area (Å²) in [4.78, 5) is 26.3. The summed E-state index contributed by atoms with van der Waals surface area (Å²) in [5.74, 6) is -0.809. The highest BCUT2D eigenvalue weighted by Crippen LogP contribution is 2.47. The van der Waals surface area contributed by atoms with Gasteiger partial charge in [0, 0.05) is 38.9 Å². The lowest BCUT2D eigenvalue weighted by molar-refractivity contribution is -0.136. The summed E-state index contributed by atoms with van der Waals surface area (Å²) < 4.78 is 11.0. The monoisotopic (exact) mass is 505 g/mol. The molecule has 7 heteroatoms. The number of fused-ring (bicyclic) bond motifs is 2. The number of hydrogen-bond acceptors (Lipinski definition) is 5. The van der Waals surface area contributed by atoms with E-state index in [-0.39, 0.29) is 12.4 Å². The molecule has 1 atom stereocenters. The van der Waals surface area contributed by atoms with Gasteiger partial charge in [0.15, 0.2) is 5.78 Å². The predicted octanol–water partition coefficient (Wildman–Crippen LogP) is 6.31. The zero-order valence-electron chi connectivity index (χ0n) is 19.0. The summed E-state index contributed by atoms with van der Waals surface area (Å²) in [6, 6.07) is 20.1. The zero-order chi connectivity index (χ0) is 24.7. The van der Waals surface area contributed by atoms with Crippen LogP contribution in [0.1, 0.15) is 39.9 Å². The summed E-state index contributed by atoms with van der Waals surface area (Å²) in [5, 5.41) is 4.24. The Balaban J connectivity index is 1.55. The molecular formula is C28H21Cl2NO4. The lowest BCUT2D eigenvalue weighted by Crippen LogP contribution is -2.29. The van der Waals surface area contributed by atoms with Crippen molar-refractivity contribution in [2.75, 3.05) is 7.11 Å². The molecule has 176 valence electrons. The highest BCUT2D eigenvalue weighted by molar-refractivity contribution is 6.32. The first-order valence-electron chi connectivity index (χ1n) is 11.0. The van der Waals surface area contributed by atoms with Gasteiger partial charge in [-0.15, -0.1) is 0 Å². The SMILES string of the molecule is COC(=O)C1=C(C)NC2=C(C(=O)c3ccccc32)[C@H]1c1ccc(OCc2ccccc2Cl)c(Cl)c1. The third-order valence-electron chi connectivity index (χ3n) is 6.28. The van der Waals surface area contributed by atoms with Crippen molar-refractivity contribution in [2.45, 2.75) is 19.4 Å². The number of hydrogen-bond donors (Lipinski definition) is 1. The number of carbonyl (C=O) groups excluding carboxylic acids is 2. The van der Waals surface area contributed by atoms with E-state index in [1.807, 2.05) is 42.5 Å². The third-order valence-corrected chi connectivity index (χ3v) is 6.95. The van der Waals surface area contributed by atoms with Gasteiger partial charge in [0.1, 0.15) is 12.4 Å². The van der Waals surface area contributed by atoms with Crippen LogP contribution in [0.2, 0.25) is 10.0 Å². The molecule has 0 spiro atoms. The lowest BCUT2D eigenvalue weighted by atomic mass is 9.80. The Kier molecular flexibility index (Phi) is 6.13. The van der Waals surface area contributed by atoms with Crippen molar-refractivity contribution in [1.29, 1.82) is 0 Å². The first-order chi connectivity index (χ1) is 16.9. The van der Waals surface area contributed by atoms with E-state index in [1.165, 1.54) is 7.11 Å². The van der Waals surface area contributed by atoms with Crippen molar-refractivity contribution in [2.24, 2.45) is 0 Å². The molecule has 1 aliphatic heterocycles. The fourth-order valence-electron chi connectivity index (χ4n) is 4.63. The number of esters is 1. The Hall–Kier alpha value is -3.54. The fourth-order valence-corrected chi connectivity index (χ4v) is 5.06. The second-order valence-electron chi connectivity index (χ2n) is 8.32. The number of ether oxygens (including phenoxy) is 2. The number of allylic oxidation sites excluding steroid dienone is 2. The number of dihydropyridines is 1. The van der Waals surface area contributed by atoms with Gasteiger partial charge in [0.25, 0.3) is 0 Å². The molecule has 2 aliphatic rings. The molecule has 0 aromatic heterocycles. The largest absolute Gasteiger partial charge is 0.487 e. The van der Waals surface area contributed by atoms with Crippen molar-refractivity contribution < 1.29 is 19.1 Å². The van der Waals surface area contributed by atoms with Crippen molar-refractivity contribution in [3.05, 3.63) is 116 Å². The van der Waals surface area contributed by atoms with E-state index in [2.05, 4.69) is 5.32 Å². The van der Waals surface area contributed by atoms with Gasteiger partial charge in [-0.25, -0.2) is 4.79 Å². The molecule has 3 aromatic rings. The molecule has 5 nitrogen and oxygen atoms in total. The molecule has 0 bridgehead atoms. The van der Waals surface area contributed by atoms with Gasteiger partial charge in [-0.1, -0.05) is 71.7 Å². The van der Waals surface area contributed by atoms with Crippen molar-refractivity contribution in [1.82, 2.24) is 5.32 Å². The Morgan fingerprint density at radius 1 is 0.971 bits per heavy atom. The van der Waals surface area contributed by atoms with E-state index >= 15 is 0 Å². The molecule has 0 saturated carbocycles. The van der Waals surface area contributed by atoms with Gasteiger partial charge in [0.05, 0.1) is 23.4 Å². The lowest BCUT2D eigenvalue weighted by Gasteiger charge is -2.29. The number of carbonyl (C=O) groups is 2. The summed E-state index contributed by atoms with van der Waals surface area (Å²) in [5.41, 5.74) is 5.13. The predicted molar refractivity (Wildman–Crippen MR) is 136 cm³/mol. The number of ketones is 1. The third kappa shape index (κ3) is 4.01. The van der Waals surface area contributed by atoms with E-state index < -0.39 is 11.9 Å². The van der Waals surface area contributed by atoms with E-state index in [1.54, 1.807) is 31.2 Å². The average molecular weight is 506 g/mol. The van der Waals surface area contributed by atoms with E-state index in [0.717, 1.165) is 11.1 Å². The maximum atomic E-state index is 13.5. The number of nitrogens with one attached hydrogen (secondary N) is 1. The van der Waals surface area contributed by atoms with Crippen LogP contribution in [-0.2, 0) is 16.1 Å². The van der Waals surface area contributed by atoms with Gasteiger partial charge in [-0.3, -0.25) is 4.79 Å². The van der Waals surface area contributed by atoms with Gasteiger partial charge < -0.3 is 14.8 Å². The van der Waals surface area contributed by atoms with Crippen LogP contribution in [0, 0.1) is 0 Å². The topological polar surface area (TPSA) is 64.6 Å². The van der Waals surface area contributed by atoms with Crippen LogP contribution in [0.5, 0.6) is 5.75 Å². The minimum absolute atomic E-state index is 0.128. The highest BCUT2D eigenvalue weighted by atomic mass is 35.5. The second kappa shape index (κ2) is 9.25. The van der Waals surface area contributed by atoms with Crippen LogP contribution in [0.4, 0.5) is 0 Å². The average Bonchev–Trinajstić information content (AvgIpc) is 3.14. The quantitative estimate of drug-likeness (QED) is 0.411. The maximum Gasteiger partial charge on any atom is 0.336 e. The number of benzene rings is 3. The standard InChI is InChI=1S/C28H21Cl2NO4/c1-15-23(28(33)34-2)24(25-26(31-15)18-8-4-5-9-19(18)27(25)32)16-11-12-22(21(30)13-16)35-14-17-7-3-6-10-20(17)29/h3-13,24,31H,14H2,1-2H3/t24-/m0/s1. The van der Waals surface area contributed by atoms with Crippen LogP contribution < -0.4 is 10.1 Å². The molecular weight excluding hydrogens is 485 g/mol. The molecule has 1 aliphatic carbocycles. The first-order valence-corrected chi connectivity index (χ1v) is 11.8. The number of Topliss-reactive ketones (excluding diaryl/α,β-unsaturated/α-hetero) is 1. The van der Waals surface area contributed by atoms with Crippen molar-refractivity contribution in [3.8, 4) is 5.75 Å². The van der Waals surface area contributed by atoms with E-state index in [0.29, 0.717) is 49.5 Å². The zero-order valence-corrected chi connectivity index (χ0v) is 20.5. The fraction of sp³-hybridized carbons (Fsp3) is 0.143. The minimum atomic E-state index is -0.645. The Morgan fingerprint density at radius 3 is 2.40 bits per heavy atom. The Morgan fingerprint density at radius 2 is 1.69 bits per heavy atom.